The zero-order valence-corrected chi connectivity index (χ0v) is 19.3. The molecule has 8 heteroatoms. The molecule has 4 heterocycles. The Kier molecular flexibility index (Phi) is 5.10. The van der Waals surface area contributed by atoms with E-state index in [0.29, 0.717) is 13.2 Å². The van der Waals surface area contributed by atoms with E-state index in [4.69, 9.17) is 4.74 Å². The van der Waals surface area contributed by atoms with Crippen LogP contribution in [0, 0.1) is 11.3 Å². The Morgan fingerprint density at radius 2 is 1.88 bits per heavy atom. The van der Waals surface area contributed by atoms with Crippen LogP contribution in [0.15, 0.2) is 76.0 Å². The molecule has 0 aliphatic carbocycles. The zero-order valence-electron chi connectivity index (χ0n) is 17.6. The minimum absolute atomic E-state index is 0.463. The van der Waals surface area contributed by atoms with E-state index in [1.807, 2.05) is 17.5 Å². The highest BCUT2D eigenvalue weighted by Gasteiger charge is 2.34. The minimum Gasteiger partial charge on any atom is -0.381 e. The van der Waals surface area contributed by atoms with Crippen molar-refractivity contribution < 1.29 is 4.74 Å². The SMILES string of the molecule is N#CC1(c2cccc(Sc3ccc4ccc5nnc(-c6nccs6)n5c4c3)c2)CCOCC1. The normalized spacial score (nSPS) is 15.6. The molecule has 0 N–H and O–H groups in total. The number of nitrogens with zero attached hydrogens (tertiary/aromatic N) is 5. The van der Waals surface area contributed by atoms with Crippen LogP contribution in [0.5, 0.6) is 0 Å². The summed E-state index contributed by atoms with van der Waals surface area (Å²) in [6.45, 7) is 1.26. The monoisotopic (exact) mass is 469 g/mol. The van der Waals surface area contributed by atoms with Crippen LogP contribution in [0.4, 0.5) is 0 Å². The molecule has 0 spiro atoms. The van der Waals surface area contributed by atoms with Crippen molar-refractivity contribution in [3.8, 4) is 16.9 Å². The number of pyridine rings is 1. The number of aromatic nitrogens is 4. The lowest BCUT2D eigenvalue weighted by Gasteiger charge is -2.31. The van der Waals surface area contributed by atoms with E-state index in [1.54, 1.807) is 29.3 Å². The van der Waals surface area contributed by atoms with Crippen molar-refractivity contribution in [1.29, 1.82) is 5.26 Å². The summed E-state index contributed by atoms with van der Waals surface area (Å²) >= 11 is 3.25. The average Bonchev–Trinajstić information content (AvgIpc) is 3.55. The zero-order chi connectivity index (χ0) is 22.3. The molecule has 0 amide bonds. The third-order valence-corrected chi connectivity index (χ3v) is 7.90. The smallest absolute Gasteiger partial charge is 0.197 e. The quantitative estimate of drug-likeness (QED) is 0.335. The van der Waals surface area contributed by atoms with Gasteiger partial charge in [0.2, 0.25) is 0 Å². The van der Waals surface area contributed by atoms with Crippen molar-refractivity contribution in [2.45, 2.75) is 28.0 Å². The molecule has 162 valence electrons. The van der Waals surface area contributed by atoms with Gasteiger partial charge in [0.05, 0.1) is 17.0 Å². The molecule has 33 heavy (non-hydrogen) atoms. The fourth-order valence-corrected chi connectivity index (χ4v) is 5.90. The molecule has 6 rings (SSSR count). The van der Waals surface area contributed by atoms with Crippen LogP contribution in [0.1, 0.15) is 18.4 Å². The molecule has 1 aliphatic rings. The van der Waals surface area contributed by atoms with Gasteiger partial charge in [-0.05, 0) is 60.2 Å². The highest BCUT2D eigenvalue weighted by molar-refractivity contribution is 7.99. The van der Waals surface area contributed by atoms with Crippen LogP contribution in [0.25, 0.3) is 27.4 Å². The lowest BCUT2D eigenvalue weighted by molar-refractivity contribution is 0.0675. The van der Waals surface area contributed by atoms with Gasteiger partial charge in [0.15, 0.2) is 16.5 Å². The Morgan fingerprint density at radius 1 is 1.03 bits per heavy atom. The highest BCUT2D eigenvalue weighted by atomic mass is 32.2. The van der Waals surface area contributed by atoms with E-state index >= 15 is 0 Å². The van der Waals surface area contributed by atoms with Crippen LogP contribution in [-0.2, 0) is 10.2 Å². The van der Waals surface area contributed by atoms with E-state index < -0.39 is 5.41 Å². The van der Waals surface area contributed by atoms with Crippen LogP contribution >= 0.6 is 23.1 Å². The second kappa shape index (κ2) is 8.27. The lowest BCUT2D eigenvalue weighted by atomic mass is 9.75. The molecule has 1 fully saturated rings. The molecular formula is C25H19N5OS2. The molecule has 0 bridgehead atoms. The Bertz CT molecular complexity index is 1500. The van der Waals surface area contributed by atoms with Gasteiger partial charge in [-0.15, -0.1) is 21.5 Å². The second-order valence-electron chi connectivity index (χ2n) is 8.04. The second-order valence-corrected chi connectivity index (χ2v) is 10.1. The van der Waals surface area contributed by atoms with Gasteiger partial charge in [0.1, 0.15) is 0 Å². The molecule has 1 saturated heterocycles. The van der Waals surface area contributed by atoms with E-state index in [0.717, 1.165) is 55.6 Å². The molecule has 0 saturated carbocycles. The van der Waals surface area contributed by atoms with Crippen LogP contribution < -0.4 is 0 Å². The number of thiazole rings is 1. The van der Waals surface area contributed by atoms with E-state index in [1.165, 1.54) is 0 Å². The number of rotatable bonds is 4. The summed E-state index contributed by atoms with van der Waals surface area (Å²) in [5.41, 5.74) is 2.45. The average molecular weight is 470 g/mol. The van der Waals surface area contributed by atoms with Gasteiger partial charge in [0, 0.05) is 34.6 Å². The first-order valence-corrected chi connectivity index (χ1v) is 12.4. The number of hydrogen-bond acceptors (Lipinski definition) is 7. The first-order chi connectivity index (χ1) is 16.3. The van der Waals surface area contributed by atoms with Crippen molar-refractivity contribution in [3.05, 3.63) is 71.7 Å². The summed E-state index contributed by atoms with van der Waals surface area (Å²) < 4.78 is 7.58. The summed E-state index contributed by atoms with van der Waals surface area (Å²) in [7, 11) is 0. The van der Waals surface area contributed by atoms with Gasteiger partial charge >= 0.3 is 0 Å². The van der Waals surface area contributed by atoms with E-state index in [2.05, 4.69) is 68.1 Å². The highest BCUT2D eigenvalue weighted by Crippen LogP contribution is 2.38. The fourth-order valence-electron chi connectivity index (χ4n) is 4.38. The van der Waals surface area contributed by atoms with Gasteiger partial charge in [-0.25, -0.2) is 4.98 Å². The van der Waals surface area contributed by atoms with Crippen molar-refractivity contribution in [2.75, 3.05) is 13.2 Å². The number of ether oxygens (including phenoxy) is 1. The maximum absolute atomic E-state index is 9.95. The largest absolute Gasteiger partial charge is 0.381 e. The van der Waals surface area contributed by atoms with Gasteiger partial charge in [-0.3, -0.25) is 4.40 Å². The molecular weight excluding hydrogens is 450 g/mol. The van der Waals surface area contributed by atoms with Crippen molar-refractivity contribution in [1.82, 2.24) is 19.6 Å². The number of benzene rings is 2. The number of nitriles is 1. The van der Waals surface area contributed by atoms with Gasteiger partial charge < -0.3 is 4.74 Å². The molecule has 6 nitrogen and oxygen atoms in total. The molecule has 0 radical (unpaired) electrons. The summed E-state index contributed by atoms with van der Waals surface area (Å²) in [5.74, 6) is 0.755. The lowest BCUT2D eigenvalue weighted by Crippen LogP contribution is -2.32. The first kappa shape index (κ1) is 20.4. The Morgan fingerprint density at radius 3 is 2.70 bits per heavy atom. The number of fused-ring (bicyclic) bond motifs is 3. The molecule has 2 aromatic carbocycles. The van der Waals surface area contributed by atoms with E-state index in [-0.39, 0.29) is 0 Å². The molecule has 0 unspecified atom stereocenters. The van der Waals surface area contributed by atoms with E-state index in [9.17, 15) is 5.26 Å². The summed E-state index contributed by atoms with van der Waals surface area (Å²) in [5, 5.41) is 22.6. The Hall–Kier alpha value is -3.25. The predicted molar refractivity (Wildman–Crippen MR) is 130 cm³/mol. The van der Waals surface area contributed by atoms with Gasteiger partial charge in [-0.1, -0.05) is 30.0 Å². The third-order valence-electron chi connectivity index (χ3n) is 6.15. The Labute approximate surface area is 198 Å². The van der Waals surface area contributed by atoms with Crippen LogP contribution in [-0.4, -0.2) is 32.8 Å². The Balaban J connectivity index is 1.40. The standard InChI is InChI=1S/C25H19N5OS2/c26-16-25(8-11-31-12-9-25)18-2-1-3-19(14-18)33-20-6-4-17-5-7-22-28-29-23(24-27-10-13-32-24)30(22)21(17)15-20/h1-7,10,13-15H,8-9,11-12H2. The predicted octanol–water partition coefficient (Wildman–Crippen LogP) is 5.73. The maximum Gasteiger partial charge on any atom is 0.197 e. The fraction of sp³-hybridized carbons (Fsp3) is 0.200. The third kappa shape index (κ3) is 3.59. The van der Waals surface area contributed by atoms with Gasteiger partial charge in [-0.2, -0.15) is 5.26 Å². The molecule has 0 atom stereocenters. The summed E-state index contributed by atoms with van der Waals surface area (Å²) in [4.78, 5) is 6.66. The topological polar surface area (TPSA) is 76.1 Å². The maximum atomic E-state index is 9.95. The van der Waals surface area contributed by atoms with Crippen molar-refractivity contribution >= 4 is 39.6 Å². The summed E-state index contributed by atoms with van der Waals surface area (Å²) in [6, 6.07) is 21.4. The summed E-state index contributed by atoms with van der Waals surface area (Å²) in [6.07, 6.45) is 3.25. The molecule has 5 aromatic rings. The minimum atomic E-state index is -0.463. The van der Waals surface area contributed by atoms with Crippen molar-refractivity contribution in [3.63, 3.8) is 0 Å². The molecule has 3 aromatic heterocycles. The first-order valence-electron chi connectivity index (χ1n) is 10.7. The number of hydrogen-bond donors (Lipinski definition) is 0. The van der Waals surface area contributed by atoms with Crippen LogP contribution in [0.3, 0.4) is 0 Å². The van der Waals surface area contributed by atoms with Gasteiger partial charge in [0.25, 0.3) is 0 Å². The molecule has 1 aliphatic heterocycles. The van der Waals surface area contributed by atoms with Crippen LogP contribution in [0.2, 0.25) is 0 Å². The van der Waals surface area contributed by atoms with Crippen molar-refractivity contribution in [2.24, 2.45) is 0 Å².